The summed E-state index contributed by atoms with van der Waals surface area (Å²) in [6, 6.07) is 13.1. The molecule has 138 valence electrons. The van der Waals surface area contributed by atoms with Crippen molar-refractivity contribution >= 4 is 43.6 Å². The first-order chi connectivity index (χ1) is 13.1. The lowest BCUT2D eigenvalue weighted by Gasteiger charge is -2.03. The van der Waals surface area contributed by atoms with Crippen molar-refractivity contribution in [3.63, 3.8) is 0 Å². The number of nitrogens with one attached hydrogen (secondary N) is 1. The topological polar surface area (TPSA) is 78.2 Å². The summed E-state index contributed by atoms with van der Waals surface area (Å²) in [7, 11) is 3.34. The molecule has 0 aliphatic rings. The van der Waals surface area contributed by atoms with Gasteiger partial charge in [0.05, 0.1) is 28.4 Å². The average Bonchev–Trinajstić information content (AvgIpc) is 3.18. The van der Waals surface area contributed by atoms with Gasteiger partial charge in [-0.2, -0.15) is 0 Å². The number of methoxy groups -OCH3 is 1. The van der Waals surface area contributed by atoms with Gasteiger partial charge in [0.25, 0.3) is 0 Å². The predicted molar refractivity (Wildman–Crippen MR) is 107 cm³/mol. The monoisotopic (exact) mass is 382 g/mol. The van der Waals surface area contributed by atoms with Gasteiger partial charge in [-0.15, -0.1) is 0 Å². The van der Waals surface area contributed by atoms with Crippen molar-refractivity contribution in [3.8, 4) is 5.75 Å². The van der Waals surface area contributed by atoms with Crippen LogP contribution in [-0.2, 0) is 18.4 Å². The molecule has 0 radical (unpaired) electrons. The first kappa shape index (κ1) is 17.3. The van der Waals surface area contributed by atoms with E-state index in [1.54, 1.807) is 23.3 Å². The first-order valence-electron chi connectivity index (χ1n) is 8.45. The molecule has 0 saturated carbocycles. The normalized spacial score (nSPS) is 11.2. The Morgan fingerprint density at radius 1 is 1.22 bits per heavy atom. The number of carbonyl (C=O) groups excluding carboxylic acids is 1. The third-order valence-electron chi connectivity index (χ3n) is 4.46. The van der Waals surface area contributed by atoms with Gasteiger partial charge in [0, 0.05) is 20.0 Å². The van der Waals surface area contributed by atoms with E-state index in [1.807, 2.05) is 42.5 Å². The van der Waals surface area contributed by atoms with E-state index in [4.69, 9.17) is 4.74 Å². The van der Waals surface area contributed by atoms with Crippen LogP contribution in [0.2, 0.25) is 0 Å². The Kier molecular flexibility index (Phi) is 4.41. The Hall–Kier alpha value is -3.13. The minimum absolute atomic E-state index is 0.129. The van der Waals surface area contributed by atoms with Gasteiger partial charge >= 0.3 is 5.69 Å². The third-order valence-corrected chi connectivity index (χ3v) is 5.39. The highest BCUT2D eigenvalue weighted by Gasteiger charge is 2.13. The van der Waals surface area contributed by atoms with Crippen molar-refractivity contribution in [2.75, 3.05) is 12.4 Å². The van der Waals surface area contributed by atoms with Crippen LogP contribution in [0.1, 0.15) is 6.42 Å². The Morgan fingerprint density at radius 3 is 2.78 bits per heavy atom. The minimum Gasteiger partial charge on any atom is -0.497 e. The number of ether oxygens (including phenoxy) is 1. The number of hydrogen-bond donors (Lipinski definition) is 1. The highest BCUT2D eigenvalue weighted by molar-refractivity contribution is 7.22. The Morgan fingerprint density at radius 2 is 2.00 bits per heavy atom. The fourth-order valence-corrected chi connectivity index (χ4v) is 3.97. The summed E-state index contributed by atoms with van der Waals surface area (Å²) in [6.45, 7) is 0.310. The molecule has 2 heterocycles. The number of benzene rings is 2. The highest BCUT2D eigenvalue weighted by atomic mass is 32.1. The van der Waals surface area contributed by atoms with Crippen LogP contribution < -0.4 is 15.7 Å². The van der Waals surface area contributed by atoms with Gasteiger partial charge < -0.3 is 10.1 Å². The van der Waals surface area contributed by atoms with Crippen molar-refractivity contribution < 1.29 is 9.53 Å². The van der Waals surface area contributed by atoms with Crippen LogP contribution in [0.3, 0.4) is 0 Å². The maximum Gasteiger partial charge on any atom is 0.328 e. The molecule has 2 aromatic heterocycles. The minimum atomic E-state index is -0.180. The molecule has 7 nitrogen and oxygen atoms in total. The summed E-state index contributed by atoms with van der Waals surface area (Å²) in [4.78, 5) is 29.2. The molecule has 0 aliphatic heterocycles. The molecule has 2 aromatic carbocycles. The summed E-state index contributed by atoms with van der Waals surface area (Å²) >= 11 is 1.39. The summed E-state index contributed by atoms with van der Waals surface area (Å²) in [5.74, 6) is 0.570. The first-order valence-corrected chi connectivity index (χ1v) is 9.27. The molecule has 27 heavy (non-hydrogen) atoms. The largest absolute Gasteiger partial charge is 0.497 e. The number of nitrogens with zero attached hydrogens (tertiary/aromatic N) is 3. The molecular formula is C19H18N4O3S. The lowest BCUT2D eigenvalue weighted by atomic mass is 10.3. The standard InChI is InChI=1S/C19H18N4O3S/c1-22-14-5-3-4-6-15(14)23(19(22)25)10-9-17(24)21-18-20-13-8-7-12(26-2)11-16(13)27-18/h3-8,11H,9-10H2,1-2H3,(H,20,21,24). The number of imidazole rings is 1. The van der Waals surface area contributed by atoms with Gasteiger partial charge in [0.2, 0.25) is 5.91 Å². The zero-order chi connectivity index (χ0) is 19.0. The molecule has 4 rings (SSSR count). The zero-order valence-corrected chi connectivity index (χ0v) is 15.7. The fraction of sp³-hybridized carbons (Fsp3) is 0.211. The van der Waals surface area contributed by atoms with E-state index in [2.05, 4.69) is 10.3 Å². The average molecular weight is 382 g/mol. The predicted octanol–water partition coefficient (Wildman–Crippen LogP) is 2.99. The van der Waals surface area contributed by atoms with E-state index < -0.39 is 0 Å². The Labute approximate surface area is 158 Å². The van der Waals surface area contributed by atoms with Crippen LogP contribution >= 0.6 is 11.3 Å². The summed E-state index contributed by atoms with van der Waals surface area (Å²) in [5.41, 5.74) is 2.35. The van der Waals surface area contributed by atoms with E-state index in [0.717, 1.165) is 27.0 Å². The number of thiazole rings is 1. The number of carbonyl (C=O) groups is 1. The van der Waals surface area contributed by atoms with Crippen molar-refractivity contribution in [2.45, 2.75) is 13.0 Å². The molecule has 0 bridgehead atoms. The van der Waals surface area contributed by atoms with Gasteiger partial charge in [-0.3, -0.25) is 13.9 Å². The smallest absolute Gasteiger partial charge is 0.328 e. The lowest BCUT2D eigenvalue weighted by molar-refractivity contribution is -0.116. The van der Waals surface area contributed by atoms with E-state index in [-0.39, 0.29) is 18.0 Å². The second-order valence-electron chi connectivity index (χ2n) is 6.13. The molecule has 0 saturated heterocycles. The molecule has 0 unspecified atom stereocenters. The Bertz CT molecular complexity index is 1200. The number of amides is 1. The number of anilines is 1. The lowest BCUT2D eigenvalue weighted by Crippen LogP contribution is -2.24. The highest BCUT2D eigenvalue weighted by Crippen LogP contribution is 2.29. The fourth-order valence-electron chi connectivity index (χ4n) is 3.06. The molecule has 0 fully saturated rings. The van der Waals surface area contributed by atoms with E-state index in [0.29, 0.717) is 11.7 Å². The van der Waals surface area contributed by atoms with Crippen LogP contribution in [0.15, 0.2) is 47.3 Å². The van der Waals surface area contributed by atoms with Crippen LogP contribution in [0.4, 0.5) is 5.13 Å². The maximum atomic E-state index is 12.4. The molecule has 4 aromatic rings. The SMILES string of the molecule is COc1ccc2nc(NC(=O)CCn3c(=O)n(C)c4ccccc43)sc2c1. The zero-order valence-electron chi connectivity index (χ0n) is 14.9. The molecular weight excluding hydrogens is 364 g/mol. The van der Waals surface area contributed by atoms with Crippen molar-refractivity contribution in [1.82, 2.24) is 14.1 Å². The summed E-state index contributed by atoms with van der Waals surface area (Å²) in [5, 5.41) is 3.35. The molecule has 0 spiro atoms. The van der Waals surface area contributed by atoms with Crippen molar-refractivity contribution in [3.05, 3.63) is 52.9 Å². The summed E-state index contributed by atoms with van der Waals surface area (Å²) in [6.07, 6.45) is 0.188. The Balaban J connectivity index is 1.49. The molecule has 8 heteroatoms. The van der Waals surface area contributed by atoms with Crippen LogP contribution in [0, 0.1) is 0 Å². The van der Waals surface area contributed by atoms with Gasteiger partial charge in [0.15, 0.2) is 5.13 Å². The van der Waals surface area contributed by atoms with Crippen LogP contribution in [0.5, 0.6) is 5.75 Å². The van der Waals surface area contributed by atoms with Crippen LogP contribution in [0.25, 0.3) is 21.3 Å². The van der Waals surface area contributed by atoms with Gasteiger partial charge in [0.1, 0.15) is 5.75 Å². The number of aromatic nitrogens is 3. The third kappa shape index (κ3) is 3.19. The quantitative estimate of drug-likeness (QED) is 0.576. The number of rotatable bonds is 5. The van der Waals surface area contributed by atoms with Crippen LogP contribution in [-0.4, -0.2) is 27.1 Å². The van der Waals surface area contributed by atoms with Gasteiger partial charge in [-0.05, 0) is 30.3 Å². The number of aryl methyl sites for hydroxylation is 2. The molecule has 1 amide bonds. The van der Waals surface area contributed by atoms with E-state index in [9.17, 15) is 9.59 Å². The summed E-state index contributed by atoms with van der Waals surface area (Å²) < 4.78 is 9.36. The van der Waals surface area contributed by atoms with Gasteiger partial charge in [-0.25, -0.2) is 9.78 Å². The molecule has 1 N–H and O–H groups in total. The number of fused-ring (bicyclic) bond motifs is 2. The van der Waals surface area contributed by atoms with Crippen molar-refractivity contribution in [1.29, 1.82) is 0 Å². The van der Waals surface area contributed by atoms with Gasteiger partial charge in [-0.1, -0.05) is 23.5 Å². The maximum absolute atomic E-state index is 12.4. The molecule has 0 atom stereocenters. The van der Waals surface area contributed by atoms with Crippen molar-refractivity contribution in [2.24, 2.45) is 7.05 Å². The number of hydrogen-bond acceptors (Lipinski definition) is 5. The molecule has 0 aliphatic carbocycles. The van der Waals surface area contributed by atoms with E-state index in [1.165, 1.54) is 11.3 Å². The second kappa shape index (κ2) is 6.88. The second-order valence-corrected chi connectivity index (χ2v) is 7.16. The van der Waals surface area contributed by atoms with E-state index >= 15 is 0 Å². The number of para-hydroxylation sites is 2.